The van der Waals surface area contributed by atoms with Gasteiger partial charge in [0.1, 0.15) is 0 Å². The van der Waals surface area contributed by atoms with Gasteiger partial charge in [0.2, 0.25) is 0 Å². The van der Waals surface area contributed by atoms with E-state index in [-0.39, 0.29) is 10.8 Å². The van der Waals surface area contributed by atoms with Crippen molar-refractivity contribution < 1.29 is 9.53 Å². The fourth-order valence-corrected chi connectivity index (χ4v) is 1.86. The number of esters is 1. The zero-order valence-electron chi connectivity index (χ0n) is 10.9. The van der Waals surface area contributed by atoms with Crippen molar-refractivity contribution in [3.8, 4) is 11.8 Å². The van der Waals surface area contributed by atoms with Gasteiger partial charge in [-0.25, -0.2) is 4.79 Å². The molecule has 1 aromatic rings. The Morgan fingerprint density at radius 2 is 2.16 bits per heavy atom. The summed E-state index contributed by atoms with van der Waals surface area (Å²) >= 11 is 3.54. The molecule has 1 rings (SSSR count). The molecule has 0 radical (unpaired) electrons. The highest BCUT2D eigenvalue weighted by Gasteiger charge is 1.98. The summed E-state index contributed by atoms with van der Waals surface area (Å²) in [5.74, 6) is 5.98. The topological polar surface area (TPSA) is 26.3 Å². The molecule has 0 saturated heterocycles. The number of carbonyl (C=O) groups is 1. The van der Waals surface area contributed by atoms with Gasteiger partial charge in [0.25, 0.3) is 0 Å². The van der Waals surface area contributed by atoms with Gasteiger partial charge >= 0.3 is 5.97 Å². The number of alkyl halides is 1. The Morgan fingerprint density at radius 3 is 2.84 bits per heavy atom. The van der Waals surface area contributed by atoms with Gasteiger partial charge in [-0.05, 0) is 31.4 Å². The van der Waals surface area contributed by atoms with Crippen molar-refractivity contribution in [2.24, 2.45) is 0 Å². The van der Waals surface area contributed by atoms with E-state index in [1.165, 1.54) is 13.2 Å². The Labute approximate surface area is 123 Å². The zero-order valence-corrected chi connectivity index (χ0v) is 12.5. The highest BCUT2D eigenvalue weighted by atomic mass is 79.9. The first-order chi connectivity index (χ1) is 9.22. The van der Waals surface area contributed by atoms with Gasteiger partial charge in [-0.1, -0.05) is 52.0 Å². The fraction of sp³-hybridized carbons (Fsp3) is 0.312. The average Bonchev–Trinajstić information content (AvgIpc) is 2.45. The number of rotatable bonds is 5. The van der Waals surface area contributed by atoms with Gasteiger partial charge in [-0.2, -0.15) is 0 Å². The summed E-state index contributed by atoms with van der Waals surface area (Å²) < 4.78 is 4.51. The molecular formula is C16H17BrO2. The minimum atomic E-state index is -0.306. The second kappa shape index (κ2) is 9.41. The summed E-state index contributed by atoms with van der Waals surface area (Å²) in [4.78, 5) is 11.0. The lowest BCUT2D eigenvalue weighted by molar-refractivity contribution is -0.134. The Bertz CT molecular complexity index is 469. The van der Waals surface area contributed by atoms with Gasteiger partial charge in [0.15, 0.2) is 0 Å². The lowest BCUT2D eigenvalue weighted by Crippen LogP contribution is -1.94. The molecule has 0 heterocycles. The molecule has 1 atom stereocenters. The summed E-state index contributed by atoms with van der Waals surface area (Å²) in [7, 11) is 1.38. The second-order valence-corrected chi connectivity index (χ2v) is 5.06. The maximum atomic E-state index is 10.8. The monoisotopic (exact) mass is 320 g/mol. The molecule has 0 aromatic heterocycles. The van der Waals surface area contributed by atoms with Crippen LogP contribution in [-0.4, -0.2) is 17.9 Å². The van der Waals surface area contributed by atoms with Gasteiger partial charge in [-0.3, -0.25) is 0 Å². The highest BCUT2D eigenvalue weighted by Crippen LogP contribution is 2.09. The van der Waals surface area contributed by atoms with Crippen molar-refractivity contribution in [3.63, 3.8) is 0 Å². The van der Waals surface area contributed by atoms with Gasteiger partial charge in [0, 0.05) is 11.6 Å². The molecule has 100 valence electrons. The standard InChI is InChI=1S/C16H17BrO2/c1-19-16(18)11-7-3-6-10-15(17)13-12-14-8-4-2-5-9-14/h2,4-5,7-9,11,15H,3,6,10H2,1H3/b11-7+. The minimum Gasteiger partial charge on any atom is -0.466 e. The van der Waals surface area contributed by atoms with Crippen molar-refractivity contribution in [1.29, 1.82) is 0 Å². The van der Waals surface area contributed by atoms with Gasteiger partial charge in [0.05, 0.1) is 11.9 Å². The van der Waals surface area contributed by atoms with Gasteiger partial charge < -0.3 is 4.74 Å². The maximum absolute atomic E-state index is 10.8. The lowest BCUT2D eigenvalue weighted by Gasteiger charge is -1.99. The van der Waals surface area contributed by atoms with Crippen LogP contribution >= 0.6 is 15.9 Å². The third-order valence-electron chi connectivity index (χ3n) is 2.43. The molecule has 1 aromatic carbocycles. The summed E-state index contributed by atoms with van der Waals surface area (Å²) in [5, 5.41) is 0. The van der Waals surface area contributed by atoms with E-state index in [0.29, 0.717) is 0 Å². The Balaban J connectivity index is 2.25. The van der Waals surface area contributed by atoms with Crippen LogP contribution in [0.15, 0.2) is 42.5 Å². The van der Waals surface area contributed by atoms with Gasteiger partial charge in [-0.15, -0.1) is 0 Å². The van der Waals surface area contributed by atoms with E-state index in [4.69, 9.17) is 0 Å². The molecule has 19 heavy (non-hydrogen) atoms. The third-order valence-corrected chi connectivity index (χ3v) is 3.12. The SMILES string of the molecule is COC(=O)/C=C/CCCC(Br)C#Cc1ccccc1. The largest absolute Gasteiger partial charge is 0.466 e. The first-order valence-electron chi connectivity index (χ1n) is 6.17. The number of methoxy groups -OCH3 is 1. The normalized spacial score (nSPS) is 11.7. The second-order valence-electron chi connectivity index (χ2n) is 3.96. The summed E-state index contributed by atoms with van der Waals surface area (Å²) in [6.45, 7) is 0. The number of unbranched alkanes of at least 4 members (excludes halogenated alkanes) is 1. The van der Waals surface area contributed by atoms with Crippen molar-refractivity contribution in [2.75, 3.05) is 7.11 Å². The fourth-order valence-electron chi connectivity index (χ4n) is 1.42. The van der Waals surface area contributed by atoms with Crippen molar-refractivity contribution in [2.45, 2.75) is 24.1 Å². The van der Waals surface area contributed by atoms with Crippen LogP contribution in [0.1, 0.15) is 24.8 Å². The van der Waals surface area contributed by atoms with Crippen molar-refractivity contribution >= 4 is 21.9 Å². The predicted octanol–water partition coefficient (Wildman–Crippen LogP) is 3.70. The average molecular weight is 321 g/mol. The molecule has 0 fully saturated rings. The molecule has 0 bridgehead atoms. The molecule has 0 amide bonds. The molecular weight excluding hydrogens is 304 g/mol. The van der Waals surface area contributed by atoms with E-state index in [2.05, 4.69) is 32.5 Å². The van der Waals surface area contributed by atoms with Crippen LogP contribution in [-0.2, 0) is 9.53 Å². The number of carbonyl (C=O) groups excluding carboxylic acids is 1. The van der Waals surface area contributed by atoms with Crippen LogP contribution in [0.4, 0.5) is 0 Å². The smallest absolute Gasteiger partial charge is 0.330 e. The Hall–Kier alpha value is -1.53. The number of ether oxygens (including phenoxy) is 1. The number of halogens is 1. The number of hydrogen-bond acceptors (Lipinski definition) is 2. The van der Waals surface area contributed by atoms with E-state index in [0.717, 1.165) is 24.8 Å². The number of benzene rings is 1. The quantitative estimate of drug-likeness (QED) is 0.272. The zero-order chi connectivity index (χ0) is 13.9. The number of allylic oxidation sites excluding steroid dienone is 1. The number of hydrogen-bond donors (Lipinski definition) is 0. The molecule has 1 unspecified atom stereocenters. The van der Waals surface area contributed by atoms with E-state index in [1.54, 1.807) is 0 Å². The minimum absolute atomic E-state index is 0.180. The molecule has 0 aliphatic rings. The van der Waals surface area contributed by atoms with E-state index in [9.17, 15) is 4.79 Å². The molecule has 3 heteroatoms. The summed E-state index contributed by atoms with van der Waals surface area (Å²) in [6.07, 6.45) is 6.07. The molecule has 0 N–H and O–H groups in total. The van der Waals surface area contributed by atoms with E-state index < -0.39 is 0 Å². The van der Waals surface area contributed by atoms with E-state index in [1.807, 2.05) is 36.4 Å². The predicted molar refractivity (Wildman–Crippen MR) is 81.0 cm³/mol. The molecule has 2 nitrogen and oxygen atoms in total. The molecule has 0 aliphatic carbocycles. The van der Waals surface area contributed by atoms with Crippen LogP contribution in [0, 0.1) is 11.8 Å². The third kappa shape index (κ3) is 7.48. The van der Waals surface area contributed by atoms with Crippen LogP contribution in [0.3, 0.4) is 0 Å². The van der Waals surface area contributed by atoms with Crippen molar-refractivity contribution in [3.05, 3.63) is 48.0 Å². The highest BCUT2D eigenvalue weighted by molar-refractivity contribution is 9.09. The lowest BCUT2D eigenvalue weighted by atomic mass is 10.1. The first kappa shape index (κ1) is 15.5. The molecule has 0 aliphatic heterocycles. The van der Waals surface area contributed by atoms with Crippen LogP contribution < -0.4 is 0 Å². The molecule has 0 saturated carbocycles. The summed E-state index contributed by atoms with van der Waals surface area (Å²) in [5.41, 5.74) is 1.03. The van der Waals surface area contributed by atoms with E-state index >= 15 is 0 Å². The maximum Gasteiger partial charge on any atom is 0.330 e. The molecule has 0 spiro atoms. The first-order valence-corrected chi connectivity index (χ1v) is 7.09. The van der Waals surface area contributed by atoms with Crippen LogP contribution in [0.5, 0.6) is 0 Å². The van der Waals surface area contributed by atoms with Crippen LogP contribution in [0.25, 0.3) is 0 Å². The van der Waals surface area contributed by atoms with Crippen LogP contribution in [0.2, 0.25) is 0 Å². The Morgan fingerprint density at radius 1 is 1.42 bits per heavy atom. The van der Waals surface area contributed by atoms with Crippen molar-refractivity contribution in [1.82, 2.24) is 0 Å². The Kier molecular flexibility index (Phi) is 7.69. The summed E-state index contributed by atoms with van der Waals surface area (Å²) in [6, 6.07) is 9.91.